The smallest absolute Gasteiger partial charge is 0.258 e. The van der Waals surface area contributed by atoms with E-state index in [0.717, 1.165) is 17.7 Å². The van der Waals surface area contributed by atoms with Crippen molar-refractivity contribution in [2.45, 2.75) is 38.6 Å². The number of hydrogen-bond acceptors (Lipinski definition) is 8. The van der Waals surface area contributed by atoms with Gasteiger partial charge in [0.15, 0.2) is 9.84 Å². The lowest BCUT2D eigenvalue weighted by atomic mass is 10.1. The van der Waals surface area contributed by atoms with Crippen molar-refractivity contribution in [3.8, 4) is 0 Å². The summed E-state index contributed by atoms with van der Waals surface area (Å²) in [6.45, 7) is 5.21. The van der Waals surface area contributed by atoms with E-state index in [0.29, 0.717) is 6.54 Å². The Morgan fingerprint density at radius 2 is 2.00 bits per heavy atom. The Labute approximate surface area is 162 Å². The van der Waals surface area contributed by atoms with Crippen LogP contribution >= 0.6 is 0 Å². The molecule has 12 heteroatoms. The number of aromatic nitrogens is 4. The van der Waals surface area contributed by atoms with Crippen molar-refractivity contribution in [2.75, 3.05) is 23.7 Å². The molecular formula is C16H22N6O5S. The van der Waals surface area contributed by atoms with Crippen LogP contribution in [-0.4, -0.2) is 53.8 Å². The van der Waals surface area contributed by atoms with Crippen molar-refractivity contribution < 1.29 is 22.8 Å². The predicted octanol–water partition coefficient (Wildman–Crippen LogP) is 0.962. The summed E-state index contributed by atoms with van der Waals surface area (Å²) in [6, 6.07) is 2.63. The molecule has 0 saturated heterocycles. The lowest BCUT2D eigenvalue weighted by Gasteiger charge is -2.23. The molecule has 0 unspecified atom stereocenters. The molecule has 2 rings (SSSR count). The number of anilines is 2. The van der Waals surface area contributed by atoms with Gasteiger partial charge in [0.25, 0.3) is 5.91 Å². The normalized spacial score (nSPS) is 11.3. The van der Waals surface area contributed by atoms with Gasteiger partial charge < -0.3 is 0 Å². The molecule has 0 aliphatic carbocycles. The lowest BCUT2D eigenvalue weighted by molar-refractivity contribution is -0.122. The minimum Gasteiger partial charge on any atom is -0.289 e. The second kappa shape index (κ2) is 8.44. The van der Waals surface area contributed by atoms with Gasteiger partial charge in [-0.1, -0.05) is 12.0 Å². The summed E-state index contributed by atoms with van der Waals surface area (Å²) in [5.74, 6) is -0.930. The predicted molar refractivity (Wildman–Crippen MR) is 101 cm³/mol. The Morgan fingerprint density at radius 1 is 1.32 bits per heavy atom. The SMILES string of the molecule is CCCn1nnnc1NC(=O)c1ccc(S(C)(=O)=O)c(N(OC)C(C)=O)c1C. The summed E-state index contributed by atoms with van der Waals surface area (Å²) in [4.78, 5) is 29.6. The van der Waals surface area contributed by atoms with Crippen molar-refractivity contribution in [1.29, 1.82) is 0 Å². The number of amides is 2. The highest BCUT2D eigenvalue weighted by atomic mass is 32.2. The molecule has 28 heavy (non-hydrogen) atoms. The number of nitrogens with one attached hydrogen (secondary N) is 1. The monoisotopic (exact) mass is 410 g/mol. The van der Waals surface area contributed by atoms with Crippen LogP contribution in [0.4, 0.5) is 11.6 Å². The third-order valence-corrected chi connectivity index (χ3v) is 5.03. The van der Waals surface area contributed by atoms with Gasteiger partial charge in [0.2, 0.25) is 11.9 Å². The molecule has 1 aromatic heterocycles. The van der Waals surface area contributed by atoms with Gasteiger partial charge in [-0.3, -0.25) is 19.7 Å². The van der Waals surface area contributed by atoms with Gasteiger partial charge in [-0.25, -0.2) is 13.1 Å². The average Bonchev–Trinajstić information content (AvgIpc) is 3.02. The quantitative estimate of drug-likeness (QED) is 0.667. The minimum atomic E-state index is -3.69. The average molecular weight is 410 g/mol. The first kappa shape index (κ1) is 21.4. The van der Waals surface area contributed by atoms with Crippen LogP contribution in [0.25, 0.3) is 0 Å². The van der Waals surface area contributed by atoms with Crippen molar-refractivity contribution in [3.05, 3.63) is 23.3 Å². The summed E-state index contributed by atoms with van der Waals surface area (Å²) in [7, 11) is -2.46. The molecule has 152 valence electrons. The molecule has 1 heterocycles. The molecule has 11 nitrogen and oxygen atoms in total. The zero-order chi connectivity index (χ0) is 21.1. The van der Waals surface area contributed by atoms with Crippen LogP contribution < -0.4 is 10.4 Å². The Morgan fingerprint density at radius 3 is 2.54 bits per heavy atom. The fourth-order valence-corrected chi connectivity index (χ4v) is 3.58. The minimum absolute atomic E-state index is 0.0155. The van der Waals surface area contributed by atoms with E-state index in [1.807, 2.05) is 6.92 Å². The van der Waals surface area contributed by atoms with Gasteiger partial charge in [0.05, 0.1) is 17.7 Å². The van der Waals surface area contributed by atoms with Crippen LogP contribution in [0.15, 0.2) is 17.0 Å². The summed E-state index contributed by atoms with van der Waals surface area (Å²) >= 11 is 0. The lowest BCUT2D eigenvalue weighted by Crippen LogP contribution is -2.30. The number of aryl methyl sites for hydroxylation is 1. The van der Waals surface area contributed by atoms with Gasteiger partial charge in [0, 0.05) is 25.3 Å². The van der Waals surface area contributed by atoms with Crippen molar-refractivity contribution in [2.24, 2.45) is 0 Å². The first-order valence-electron chi connectivity index (χ1n) is 8.37. The molecule has 0 atom stereocenters. The van der Waals surface area contributed by atoms with E-state index < -0.39 is 21.7 Å². The maximum absolute atomic E-state index is 12.8. The zero-order valence-corrected chi connectivity index (χ0v) is 17.1. The third-order valence-electron chi connectivity index (χ3n) is 3.90. The van der Waals surface area contributed by atoms with Gasteiger partial charge in [-0.05, 0) is 41.5 Å². The first-order chi connectivity index (χ1) is 13.1. The standard InChI is InChI=1S/C16H22N6O5S/c1-6-9-21-16(18-19-20-21)17-15(24)12-7-8-13(28(5,25)26)14(10(12)2)22(27-4)11(3)23/h7-8H,6,9H2,1-5H3,(H,17,18,20,24). The molecule has 0 spiro atoms. The molecule has 0 bridgehead atoms. The molecule has 2 amide bonds. The number of carbonyl (C=O) groups is 2. The van der Waals surface area contributed by atoms with E-state index in [1.54, 1.807) is 0 Å². The van der Waals surface area contributed by atoms with Gasteiger partial charge in [-0.2, -0.15) is 5.06 Å². The summed E-state index contributed by atoms with van der Waals surface area (Å²) in [5, 5.41) is 14.5. The van der Waals surface area contributed by atoms with Crippen LogP contribution in [0.2, 0.25) is 0 Å². The van der Waals surface area contributed by atoms with E-state index in [1.165, 1.54) is 37.8 Å². The molecule has 1 N–H and O–H groups in total. The fourth-order valence-electron chi connectivity index (χ4n) is 2.68. The maximum atomic E-state index is 12.8. The van der Waals surface area contributed by atoms with E-state index >= 15 is 0 Å². The number of sulfone groups is 1. The second-order valence-corrected chi connectivity index (χ2v) is 8.02. The molecule has 0 saturated carbocycles. The molecule has 0 fully saturated rings. The maximum Gasteiger partial charge on any atom is 0.258 e. The van der Waals surface area contributed by atoms with Crippen molar-refractivity contribution in [3.63, 3.8) is 0 Å². The van der Waals surface area contributed by atoms with E-state index in [-0.39, 0.29) is 27.7 Å². The molecule has 0 aliphatic heterocycles. The number of hydrogen-bond donors (Lipinski definition) is 1. The third kappa shape index (κ3) is 4.34. The summed E-state index contributed by atoms with van der Waals surface area (Å²) in [6.07, 6.45) is 1.78. The Hall–Kier alpha value is -2.86. The van der Waals surface area contributed by atoms with Gasteiger partial charge in [-0.15, -0.1) is 0 Å². The largest absolute Gasteiger partial charge is 0.289 e. The number of carbonyl (C=O) groups excluding carboxylic acids is 2. The van der Waals surface area contributed by atoms with Crippen LogP contribution in [0.3, 0.4) is 0 Å². The molecular weight excluding hydrogens is 388 g/mol. The zero-order valence-electron chi connectivity index (χ0n) is 16.3. The molecule has 0 radical (unpaired) electrons. The molecule has 2 aromatic rings. The van der Waals surface area contributed by atoms with E-state index in [9.17, 15) is 18.0 Å². The van der Waals surface area contributed by atoms with Crippen molar-refractivity contribution in [1.82, 2.24) is 20.2 Å². The van der Waals surface area contributed by atoms with E-state index in [2.05, 4.69) is 20.8 Å². The van der Waals surface area contributed by atoms with Crippen molar-refractivity contribution >= 4 is 33.3 Å². The van der Waals surface area contributed by atoms with Gasteiger partial charge in [0.1, 0.15) is 0 Å². The van der Waals surface area contributed by atoms with Gasteiger partial charge >= 0.3 is 0 Å². The van der Waals surface area contributed by atoms with E-state index in [4.69, 9.17) is 4.84 Å². The van der Waals surface area contributed by atoms with Crippen LogP contribution in [0, 0.1) is 6.92 Å². The summed E-state index contributed by atoms with van der Waals surface area (Å²) < 4.78 is 25.8. The Balaban J connectivity index is 2.55. The Kier molecular flexibility index (Phi) is 6.46. The van der Waals surface area contributed by atoms with Crippen LogP contribution in [-0.2, 0) is 26.0 Å². The highest BCUT2D eigenvalue weighted by molar-refractivity contribution is 7.90. The molecule has 1 aromatic carbocycles. The number of tetrazole rings is 1. The fraction of sp³-hybridized carbons (Fsp3) is 0.438. The van der Waals surface area contributed by atoms with Crippen LogP contribution in [0.1, 0.15) is 36.2 Å². The highest BCUT2D eigenvalue weighted by Gasteiger charge is 2.27. The number of benzene rings is 1. The first-order valence-corrected chi connectivity index (χ1v) is 10.3. The highest BCUT2D eigenvalue weighted by Crippen LogP contribution is 2.32. The Bertz CT molecular complexity index is 1000. The topological polar surface area (TPSA) is 136 Å². The number of hydroxylamine groups is 1. The number of rotatable bonds is 7. The molecule has 0 aliphatic rings. The summed E-state index contributed by atoms with van der Waals surface area (Å²) in [5.41, 5.74) is 0.391. The number of nitrogens with zero attached hydrogens (tertiary/aromatic N) is 5. The van der Waals surface area contributed by atoms with Crippen LogP contribution in [0.5, 0.6) is 0 Å². The second-order valence-electron chi connectivity index (χ2n) is 6.03.